The van der Waals surface area contributed by atoms with E-state index in [0.29, 0.717) is 24.1 Å². The van der Waals surface area contributed by atoms with Crippen molar-refractivity contribution >= 4 is 30.1 Å². The molecule has 0 aliphatic heterocycles. The highest BCUT2D eigenvalue weighted by atomic mass is 35.5. The van der Waals surface area contributed by atoms with Gasteiger partial charge in [0, 0.05) is 19.2 Å². The number of nitrogens with one attached hydrogen (secondary N) is 2. The molecular formula is C14H19ClN4O3S. The number of ether oxygens (including phenoxy) is 2. The van der Waals surface area contributed by atoms with E-state index in [2.05, 4.69) is 20.5 Å². The van der Waals surface area contributed by atoms with Crippen molar-refractivity contribution in [1.82, 2.24) is 20.5 Å². The molecule has 0 unspecified atom stereocenters. The molecule has 0 saturated carbocycles. The Labute approximate surface area is 145 Å². The third kappa shape index (κ3) is 6.09. The van der Waals surface area contributed by atoms with Gasteiger partial charge in [-0.3, -0.25) is 9.89 Å². The van der Waals surface area contributed by atoms with Crippen LogP contribution in [0.1, 0.15) is 0 Å². The number of halogens is 1. The minimum absolute atomic E-state index is 0. The van der Waals surface area contributed by atoms with Gasteiger partial charge in [-0.25, -0.2) is 4.98 Å². The van der Waals surface area contributed by atoms with Crippen LogP contribution in [0.15, 0.2) is 29.4 Å². The number of benzene rings is 1. The average molecular weight is 359 g/mol. The zero-order valence-corrected chi connectivity index (χ0v) is 14.5. The van der Waals surface area contributed by atoms with Crippen molar-refractivity contribution in [3.8, 4) is 17.1 Å². The van der Waals surface area contributed by atoms with Gasteiger partial charge in [0.25, 0.3) is 0 Å². The van der Waals surface area contributed by atoms with Gasteiger partial charge < -0.3 is 14.8 Å². The minimum atomic E-state index is -0.0714. The molecule has 1 aromatic carbocycles. The number of H-pyrrole nitrogens is 1. The summed E-state index contributed by atoms with van der Waals surface area (Å²) in [6.45, 7) is 1.000. The summed E-state index contributed by atoms with van der Waals surface area (Å²) in [6, 6.07) is 7.50. The number of carbonyl (C=O) groups is 1. The molecule has 0 atom stereocenters. The lowest BCUT2D eigenvalue weighted by atomic mass is 10.2. The number of hydrogen-bond donors (Lipinski definition) is 2. The van der Waals surface area contributed by atoms with E-state index in [9.17, 15) is 4.79 Å². The van der Waals surface area contributed by atoms with Crippen molar-refractivity contribution in [3.05, 3.63) is 24.3 Å². The van der Waals surface area contributed by atoms with E-state index in [4.69, 9.17) is 9.47 Å². The van der Waals surface area contributed by atoms with Crippen LogP contribution in [0.5, 0.6) is 5.75 Å². The highest BCUT2D eigenvalue weighted by Crippen LogP contribution is 2.21. The Bertz CT molecular complexity index is 606. The molecule has 9 heteroatoms. The van der Waals surface area contributed by atoms with Gasteiger partial charge >= 0.3 is 0 Å². The van der Waals surface area contributed by atoms with Crippen molar-refractivity contribution in [3.63, 3.8) is 0 Å². The first-order valence-electron chi connectivity index (χ1n) is 6.68. The molecule has 0 radical (unpaired) electrons. The van der Waals surface area contributed by atoms with Gasteiger partial charge in [0.1, 0.15) is 5.75 Å². The maximum absolute atomic E-state index is 11.6. The lowest BCUT2D eigenvalue weighted by Crippen LogP contribution is -2.28. The Hall–Kier alpha value is -1.77. The summed E-state index contributed by atoms with van der Waals surface area (Å²) in [4.78, 5) is 15.9. The highest BCUT2D eigenvalue weighted by Gasteiger charge is 2.09. The molecule has 2 aromatic rings. The van der Waals surface area contributed by atoms with E-state index < -0.39 is 0 Å². The van der Waals surface area contributed by atoms with Crippen LogP contribution in [0.3, 0.4) is 0 Å². The van der Waals surface area contributed by atoms with Gasteiger partial charge in [-0.15, -0.1) is 17.5 Å². The predicted octanol–water partition coefficient (Wildman–Crippen LogP) is 1.76. The van der Waals surface area contributed by atoms with Crippen molar-refractivity contribution < 1.29 is 14.3 Å². The van der Waals surface area contributed by atoms with Crippen molar-refractivity contribution in [1.29, 1.82) is 0 Å². The Morgan fingerprint density at radius 3 is 2.70 bits per heavy atom. The Kier molecular flexibility index (Phi) is 8.46. The second-order valence-electron chi connectivity index (χ2n) is 4.33. The fourth-order valence-electron chi connectivity index (χ4n) is 1.66. The monoisotopic (exact) mass is 358 g/mol. The molecule has 2 rings (SSSR count). The van der Waals surface area contributed by atoms with Crippen LogP contribution in [-0.4, -0.2) is 54.2 Å². The van der Waals surface area contributed by atoms with Crippen molar-refractivity contribution in [2.24, 2.45) is 0 Å². The first-order valence-corrected chi connectivity index (χ1v) is 7.66. The van der Waals surface area contributed by atoms with Crippen LogP contribution in [-0.2, 0) is 9.53 Å². The van der Waals surface area contributed by atoms with E-state index in [0.717, 1.165) is 11.3 Å². The summed E-state index contributed by atoms with van der Waals surface area (Å²) in [6.07, 6.45) is 0. The third-order valence-electron chi connectivity index (χ3n) is 2.79. The highest BCUT2D eigenvalue weighted by molar-refractivity contribution is 7.99. The Balaban J connectivity index is 0.00000264. The molecule has 0 spiro atoms. The molecule has 1 amide bonds. The molecule has 2 N–H and O–H groups in total. The number of hydrogen-bond acceptors (Lipinski definition) is 6. The normalized spacial score (nSPS) is 10.0. The maximum atomic E-state index is 11.6. The zero-order valence-electron chi connectivity index (χ0n) is 12.9. The fraction of sp³-hybridized carbons (Fsp3) is 0.357. The molecule has 1 heterocycles. The van der Waals surface area contributed by atoms with Crippen molar-refractivity contribution in [2.75, 3.05) is 33.1 Å². The number of thioether (sulfide) groups is 1. The molecule has 126 valence electrons. The van der Waals surface area contributed by atoms with Crippen LogP contribution in [0, 0.1) is 0 Å². The molecule has 23 heavy (non-hydrogen) atoms. The predicted molar refractivity (Wildman–Crippen MR) is 91.2 cm³/mol. The first-order chi connectivity index (χ1) is 10.7. The summed E-state index contributed by atoms with van der Waals surface area (Å²) in [5, 5.41) is 10.2. The van der Waals surface area contributed by atoms with E-state index in [1.165, 1.54) is 11.8 Å². The van der Waals surface area contributed by atoms with Crippen LogP contribution < -0.4 is 10.1 Å². The lowest BCUT2D eigenvalue weighted by Gasteiger charge is -2.02. The molecule has 7 nitrogen and oxygen atoms in total. The summed E-state index contributed by atoms with van der Waals surface area (Å²) in [5.74, 6) is 1.64. The standard InChI is InChI=1S/C14H18N4O3S.ClH/c1-20-8-7-15-12(19)9-22-14-16-13(17-18-14)10-3-5-11(21-2)6-4-10;/h3-6H,7-9H2,1-2H3,(H,15,19)(H,16,17,18);1H. The topological polar surface area (TPSA) is 89.1 Å². The third-order valence-corrected chi connectivity index (χ3v) is 3.64. The van der Waals surface area contributed by atoms with Crippen molar-refractivity contribution in [2.45, 2.75) is 5.16 Å². The summed E-state index contributed by atoms with van der Waals surface area (Å²) in [5.41, 5.74) is 0.907. The molecule has 0 fully saturated rings. The minimum Gasteiger partial charge on any atom is -0.497 e. The summed E-state index contributed by atoms with van der Waals surface area (Å²) in [7, 11) is 3.21. The molecule has 0 aliphatic rings. The molecule has 0 bridgehead atoms. The van der Waals surface area contributed by atoms with Crippen LogP contribution in [0.4, 0.5) is 0 Å². The second-order valence-corrected chi connectivity index (χ2v) is 5.27. The number of nitrogens with zero attached hydrogens (tertiary/aromatic N) is 2. The number of aromatic amines is 1. The lowest BCUT2D eigenvalue weighted by molar-refractivity contribution is -0.118. The first kappa shape index (κ1) is 19.3. The van der Waals surface area contributed by atoms with Crippen LogP contribution >= 0.6 is 24.2 Å². The second kappa shape index (κ2) is 10.1. The maximum Gasteiger partial charge on any atom is 0.230 e. The fourth-order valence-corrected chi connectivity index (χ4v) is 2.29. The number of methoxy groups -OCH3 is 2. The number of rotatable bonds is 8. The summed E-state index contributed by atoms with van der Waals surface area (Å²) < 4.78 is 9.98. The zero-order chi connectivity index (χ0) is 15.8. The van der Waals surface area contributed by atoms with Gasteiger partial charge in [0.2, 0.25) is 11.1 Å². The van der Waals surface area contributed by atoms with Gasteiger partial charge in [-0.2, -0.15) is 0 Å². The molecule has 0 aliphatic carbocycles. The Morgan fingerprint density at radius 1 is 1.30 bits per heavy atom. The molecule has 0 saturated heterocycles. The number of aromatic nitrogens is 3. The van der Waals surface area contributed by atoms with Gasteiger partial charge in [0.15, 0.2) is 5.82 Å². The van der Waals surface area contributed by atoms with E-state index >= 15 is 0 Å². The molecular weight excluding hydrogens is 340 g/mol. The van der Waals surface area contributed by atoms with Crippen LogP contribution in [0.25, 0.3) is 11.4 Å². The Morgan fingerprint density at radius 2 is 2.04 bits per heavy atom. The van der Waals surface area contributed by atoms with Gasteiger partial charge in [-0.1, -0.05) is 11.8 Å². The number of amides is 1. The van der Waals surface area contributed by atoms with E-state index in [1.807, 2.05) is 24.3 Å². The van der Waals surface area contributed by atoms with Gasteiger partial charge in [-0.05, 0) is 24.3 Å². The van der Waals surface area contributed by atoms with E-state index in [1.54, 1.807) is 14.2 Å². The SMILES string of the molecule is COCCNC(=O)CSc1n[nH]c(-c2ccc(OC)cc2)n1.Cl. The smallest absolute Gasteiger partial charge is 0.230 e. The molecule has 1 aromatic heterocycles. The van der Waals surface area contributed by atoms with E-state index in [-0.39, 0.29) is 24.1 Å². The largest absolute Gasteiger partial charge is 0.497 e. The number of carbonyl (C=O) groups excluding carboxylic acids is 1. The average Bonchev–Trinajstić information content (AvgIpc) is 3.02. The van der Waals surface area contributed by atoms with Crippen LogP contribution in [0.2, 0.25) is 0 Å². The summed E-state index contributed by atoms with van der Waals surface area (Å²) >= 11 is 1.28. The quantitative estimate of drug-likeness (QED) is 0.552. The van der Waals surface area contributed by atoms with Gasteiger partial charge in [0.05, 0.1) is 19.5 Å².